The van der Waals surface area contributed by atoms with E-state index in [0.29, 0.717) is 10.8 Å². The summed E-state index contributed by atoms with van der Waals surface area (Å²) < 4.78 is 5.26. The zero-order chi connectivity index (χ0) is 16.1. The van der Waals surface area contributed by atoms with Gasteiger partial charge < -0.3 is 15.2 Å². The van der Waals surface area contributed by atoms with E-state index in [1.165, 1.54) is 24.4 Å². The van der Waals surface area contributed by atoms with Gasteiger partial charge in [0.15, 0.2) is 6.61 Å². The van der Waals surface area contributed by atoms with E-state index in [1.807, 2.05) is 0 Å². The quantitative estimate of drug-likeness (QED) is 0.872. The molecule has 0 atom stereocenters. The highest BCUT2D eigenvalue weighted by Crippen LogP contribution is 2.27. The van der Waals surface area contributed by atoms with Crippen LogP contribution >= 0.6 is 23.2 Å². The van der Waals surface area contributed by atoms with Crippen molar-refractivity contribution in [3.8, 4) is 5.75 Å². The maximum atomic E-state index is 11.8. The number of amides is 1. The molecule has 1 aromatic carbocycles. The second kappa shape index (κ2) is 7.11. The molecule has 0 fully saturated rings. The first-order valence-corrected chi connectivity index (χ1v) is 6.78. The van der Waals surface area contributed by atoms with Crippen molar-refractivity contribution in [2.24, 2.45) is 0 Å². The third-order valence-corrected chi connectivity index (χ3v) is 3.06. The SMILES string of the molecule is O=C(COc1ccc(Cl)cc1Cl)Nc1cc(C(=O)O)ccn1. The van der Waals surface area contributed by atoms with Gasteiger partial charge in [-0.1, -0.05) is 23.2 Å². The Balaban J connectivity index is 1.95. The van der Waals surface area contributed by atoms with E-state index in [0.717, 1.165) is 0 Å². The molecule has 0 aliphatic carbocycles. The van der Waals surface area contributed by atoms with Crippen LogP contribution in [0, 0.1) is 0 Å². The molecule has 1 heterocycles. The number of ether oxygens (including phenoxy) is 1. The van der Waals surface area contributed by atoms with Gasteiger partial charge in [0.1, 0.15) is 11.6 Å². The Bertz CT molecular complexity index is 722. The third-order valence-electron chi connectivity index (χ3n) is 2.53. The predicted octanol–water partition coefficient (Wildman–Crippen LogP) is 3.10. The number of carbonyl (C=O) groups excluding carboxylic acids is 1. The third kappa shape index (κ3) is 4.34. The Kier molecular flexibility index (Phi) is 5.19. The number of carbonyl (C=O) groups is 2. The largest absolute Gasteiger partial charge is 0.482 e. The summed E-state index contributed by atoms with van der Waals surface area (Å²) in [7, 11) is 0. The number of aromatic carboxylic acids is 1. The molecule has 0 bridgehead atoms. The van der Waals surface area contributed by atoms with Gasteiger partial charge in [-0.15, -0.1) is 0 Å². The number of carboxylic acids is 1. The maximum absolute atomic E-state index is 11.8. The lowest BCUT2D eigenvalue weighted by molar-refractivity contribution is -0.118. The summed E-state index contributed by atoms with van der Waals surface area (Å²) in [6.07, 6.45) is 1.29. The van der Waals surface area contributed by atoms with Gasteiger partial charge in [0, 0.05) is 11.2 Å². The van der Waals surface area contributed by atoms with E-state index in [9.17, 15) is 9.59 Å². The number of nitrogens with one attached hydrogen (secondary N) is 1. The zero-order valence-corrected chi connectivity index (χ0v) is 12.6. The van der Waals surface area contributed by atoms with Gasteiger partial charge in [-0.3, -0.25) is 4.79 Å². The van der Waals surface area contributed by atoms with Crippen molar-refractivity contribution in [2.45, 2.75) is 0 Å². The Morgan fingerprint density at radius 2 is 2.00 bits per heavy atom. The van der Waals surface area contributed by atoms with Crippen LogP contribution in [0.25, 0.3) is 0 Å². The summed E-state index contributed by atoms with van der Waals surface area (Å²) >= 11 is 11.7. The first-order valence-electron chi connectivity index (χ1n) is 6.03. The molecular formula is C14H10Cl2N2O4. The lowest BCUT2D eigenvalue weighted by Crippen LogP contribution is -2.21. The second-order valence-corrected chi connectivity index (χ2v) is 4.99. The molecule has 0 spiro atoms. The second-order valence-electron chi connectivity index (χ2n) is 4.15. The minimum Gasteiger partial charge on any atom is -0.482 e. The molecule has 22 heavy (non-hydrogen) atoms. The number of hydrogen-bond acceptors (Lipinski definition) is 4. The molecule has 6 nitrogen and oxygen atoms in total. The normalized spacial score (nSPS) is 10.1. The fourth-order valence-corrected chi connectivity index (χ4v) is 2.01. The van der Waals surface area contributed by atoms with Crippen molar-refractivity contribution in [1.29, 1.82) is 0 Å². The average molecular weight is 341 g/mol. The molecule has 0 saturated carbocycles. The summed E-state index contributed by atoms with van der Waals surface area (Å²) in [6, 6.07) is 7.19. The number of halogens is 2. The van der Waals surface area contributed by atoms with Crippen LogP contribution in [0.3, 0.4) is 0 Å². The van der Waals surface area contributed by atoms with Crippen molar-refractivity contribution < 1.29 is 19.4 Å². The van der Waals surface area contributed by atoms with Gasteiger partial charge in [-0.05, 0) is 30.3 Å². The Morgan fingerprint density at radius 1 is 1.23 bits per heavy atom. The van der Waals surface area contributed by atoms with E-state index in [1.54, 1.807) is 12.1 Å². The number of hydrogen-bond donors (Lipinski definition) is 2. The van der Waals surface area contributed by atoms with E-state index in [4.69, 9.17) is 33.0 Å². The van der Waals surface area contributed by atoms with Gasteiger partial charge >= 0.3 is 5.97 Å². The number of anilines is 1. The fraction of sp³-hybridized carbons (Fsp3) is 0.0714. The Labute approximate surface area is 135 Å². The highest BCUT2D eigenvalue weighted by molar-refractivity contribution is 6.35. The Hall–Kier alpha value is -2.31. The summed E-state index contributed by atoms with van der Waals surface area (Å²) in [5, 5.41) is 12.0. The van der Waals surface area contributed by atoms with Crippen LogP contribution in [-0.2, 0) is 4.79 Å². The van der Waals surface area contributed by atoms with Crippen LogP contribution in [-0.4, -0.2) is 28.6 Å². The average Bonchev–Trinajstić information content (AvgIpc) is 2.46. The predicted molar refractivity (Wildman–Crippen MR) is 81.8 cm³/mol. The molecule has 2 rings (SSSR count). The number of rotatable bonds is 5. The van der Waals surface area contributed by atoms with Gasteiger partial charge in [0.05, 0.1) is 10.6 Å². The van der Waals surface area contributed by atoms with Crippen LogP contribution in [0.1, 0.15) is 10.4 Å². The number of carboxylic acid groups (broad SMARTS) is 1. The molecule has 1 aromatic heterocycles. The molecule has 0 aliphatic heterocycles. The van der Waals surface area contributed by atoms with Crippen LogP contribution in [0.15, 0.2) is 36.5 Å². The van der Waals surface area contributed by atoms with Crippen LogP contribution < -0.4 is 10.1 Å². The number of aromatic nitrogens is 1. The molecule has 8 heteroatoms. The smallest absolute Gasteiger partial charge is 0.335 e. The first kappa shape index (κ1) is 16.1. The summed E-state index contributed by atoms with van der Waals surface area (Å²) in [4.78, 5) is 26.4. The minimum atomic E-state index is -1.11. The fourth-order valence-electron chi connectivity index (χ4n) is 1.55. The molecular weight excluding hydrogens is 331 g/mol. The van der Waals surface area contributed by atoms with Gasteiger partial charge in [-0.25, -0.2) is 9.78 Å². The van der Waals surface area contributed by atoms with Crippen LogP contribution in [0.5, 0.6) is 5.75 Å². The summed E-state index contributed by atoms with van der Waals surface area (Å²) in [5.41, 5.74) is 0.0203. The molecule has 0 saturated heterocycles. The van der Waals surface area contributed by atoms with Crippen molar-refractivity contribution >= 4 is 40.9 Å². The number of benzene rings is 1. The molecule has 2 N–H and O–H groups in total. The van der Waals surface area contributed by atoms with Crippen molar-refractivity contribution in [2.75, 3.05) is 11.9 Å². The monoisotopic (exact) mass is 340 g/mol. The molecule has 2 aromatic rings. The van der Waals surface area contributed by atoms with Gasteiger partial charge in [0.25, 0.3) is 5.91 Å². The van der Waals surface area contributed by atoms with Crippen molar-refractivity contribution in [1.82, 2.24) is 4.98 Å². The zero-order valence-electron chi connectivity index (χ0n) is 11.0. The standard InChI is InChI=1S/C14H10Cl2N2O4/c15-9-1-2-11(10(16)6-9)22-7-13(19)18-12-5-8(14(20)21)3-4-17-12/h1-6H,7H2,(H,20,21)(H,17,18,19). The van der Waals surface area contributed by atoms with E-state index in [2.05, 4.69) is 10.3 Å². The Morgan fingerprint density at radius 3 is 2.68 bits per heavy atom. The topological polar surface area (TPSA) is 88.5 Å². The first-order chi connectivity index (χ1) is 10.5. The molecule has 0 aliphatic rings. The minimum absolute atomic E-state index is 0.0203. The molecule has 114 valence electrons. The number of nitrogens with zero attached hydrogens (tertiary/aromatic N) is 1. The van der Waals surface area contributed by atoms with Crippen molar-refractivity contribution in [3.05, 3.63) is 52.1 Å². The lowest BCUT2D eigenvalue weighted by Gasteiger charge is -2.08. The van der Waals surface area contributed by atoms with E-state index >= 15 is 0 Å². The van der Waals surface area contributed by atoms with Gasteiger partial charge in [0.2, 0.25) is 0 Å². The highest BCUT2D eigenvalue weighted by atomic mass is 35.5. The lowest BCUT2D eigenvalue weighted by atomic mass is 10.2. The van der Waals surface area contributed by atoms with Crippen LogP contribution in [0.2, 0.25) is 10.0 Å². The summed E-state index contributed by atoms with van der Waals surface area (Å²) in [6.45, 7) is -0.305. The van der Waals surface area contributed by atoms with Crippen molar-refractivity contribution in [3.63, 3.8) is 0 Å². The van der Waals surface area contributed by atoms with E-state index in [-0.39, 0.29) is 23.0 Å². The summed E-state index contributed by atoms with van der Waals surface area (Å²) in [5.74, 6) is -1.17. The maximum Gasteiger partial charge on any atom is 0.335 e. The number of pyridine rings is 1. The highest BCUT2D eigenvalue weighted by Gasteiger charge is 2.09. The molecule has 1 amide bonds. The molecule has 0 radical (unpaired) electrons. The van der Waals surface area contributed by atoms with Crippen LogP contribution in [0.4, 0.5) is 5.82 Å². The molecule has 0 unspecified atom stereocenters. The van der Waals surface area contributed by atoms with E-state index < -0.39 is 11.9 Å². The van der Waals surface area contributed by atoms with Gasteiger partial charge in [-0.2, -0.15) is 0 Å².